The lowest BCUT2D eigenvalue weighted by Crippen LogP contribution is -2.01. The van der Waals surface area contributed by atoms with Gasteiger partial charge in [-0.3, -0.25) is 4.98 Å². The fraction of sp³-hybridized carbons (Fsp3) is 0.0952. The predicted molar refractivity (Wildman–Crippen MR) is 102 cm³/mol. The van der Waals surface area contributed by atoms with Gasteiger partial charge in [0.05, 0.1) is 0 Å². The molecule has 6 heteroatoms. The lowest BCUT2D eigenvalue weighted by atomic mass is 10.0. The van der Waals surface area contributed by atoms with Crippen LogP contribution in [0.3, 0.4) is 0 Å². The maximum absolute atomic E-state index is 15.3. The SMILES string of the molecule is CNc1nc(-c2cccnc2)nc2c(F)c(-c3ccc(C)cc3F)ccc12. The van der Waals surface area contributed by atoms with E-state index in [9.17, 15) is 4.39 Å². The van der Waals surface area contributed by atoms with E-state index in [-0.39, 0.29) is 16.6 Å². The molecule has 4 nitrogen and oxygen atoms in total. The number of pyridine rings is 1. The number of nitrogens with one attached hydrogen (secondary N) is 1. The molecule has 0 unspecified atom stereocenters. The summed E-state index contributed by atoms with van der Waals surface area (Å²) < 4.78 is 29.7. The van der Waals surface area contributed by atoms with Gasteiger partial charge in [-0.2, -0.15) is 0 Å². The van der Waals surface area contributed by atoms with Crippen LogP contribution < -0.4 is 5.32 Å². The monoisotopic (exact) mass is 362 g/mol. The summed E-state index contributed by atoms with van der Waals surface area (Å²) in [6, 6.07) is 11.5. The highest BCUT2D eigenvalue weighted by molar-refractivity contribution is 5.94. The molecule has 0 radical (unpaired) electrons. The number of aromatic nitrogens is 3. The first kappa shape index (κ1) is 17.0. The molecule has 0 saturated heterocycles. The first-order valence-electron chi connectivity index (χ1n) is 8.43. The Labute approximate surface area is 154 Å². The van der Waals surface area contributed by atoms with Gasteiger partial charge in [-0.05, 0) is 36.8 Å². The van der Waals surface area contributed by atoms with Gasteiger partial charge in [0, 0.05) is 41.5 Å². The molecular weight excluding hydrogens is 346 g/mol. The summed E-state index contributed by atoms with van der Waals surface area (Å²) in [6.45, 7) is 1.79. The molecule has 0 aliphatic rings. The van der Waals surface area contributed by atoms with Crippen molar-refractivity contribution < 1.29 is 8.78 Å². The van der Waals surface area contributed by atoms with Gasteiger partial charge in [-0.25, -0.2) is 18.7 Å². The fourth-order valence-electron chi connectivity index (χ4n) is 3.02. The third-order valence-corrected chi connectivity index (χ3v) is 4.38. The molecule has 0 atom stereocenters. The smallest absolute Gasteiger partial charge is 0.163 e. The van der Waals surface area contributed by atoms with E-state index in [2.05, 4.69) is 20.3 Å². The first-order valence-corrected chi connectivity index (χ1v) is 8.43. The molecule has 27 heavy (non-hydrogen) atoms. The second kappa shape index (κ2) is 6.72. The number of fused-ring (bicyclic) bond motifs is 1. The van der Waals surface area contributed by atoms with Crippen LogP contribution in [-0.4, -0.2) is 22.0 Å². The van der Waals surface area contributed by atoms with E-state index in [1.807, 2.05) is 0 Å². The van der Waals surface area contributed by atoms with Crippen LogP contribution >= 0.6 is 0 Å². The largest absolute Gasteiger partial charge is 0.373 e. The number of nitrogens with zero attached hydrogens (tertiary/aromatic N) is 3. The summed E-state index contributed by atoms with van der Waals surface area (Å²) in [5.41, 5.74) is 1.94. The average Bonchev–Trinajstić information content (AvgIpc) is 2.69. The maximum atomic E-state index is 15.3. The van der Waals surface area contributed by atoms with Gasteiger partial charge in [0.15, 0.2) is 11.6 Å². The number of hydrogen-bond donors (Lipinski definition) is 1. The minimum absolute atomic E-state index is 0.130. The van der Waals surface area contributed by atoms with Crippen LogP contribution in [-0.2, 0) is 0 Å². The highest BCUT2D eigenvalue weighted by Gasteiger charge is 2.18. The Kier molecular flexibility index (Phi) is 4.24. The Hall–Kier alpha value is -3.41. The quantitative estimate of drug-likeness (QED) is 0.558. The third kappa shape index (κ3) is 2.99. The molecule has 0 spiro atoms. The van der Waals surface area contributed by atoms with E-state index in [4.69, 9.17) is 0 Å². The zero-order valence-electron chi connectivity index (χ0n) is 14.8. The zero-order valence-corrected chi connectivity index (χ0v) is 14.8. The average molecular weight is 362 g/mol. The number of anilines is 1. The molecule has 2 heterocycles. The highest BCUT2D eigenvalue weighted by Crippen LogP contribution is 2.33. The molecule has 0 bridgehead atoms. The van der Waals surface area contributed by atoms with Gasteiger partial charge in [0.2, 0.25) is 0 Å². The highest BCUT2D eigenvalue weighted by atomic mass is 19.1. The van der Waals surface area contributed by atoms with Crippen molar-refractivity contribution >= 4 is 16.7 Å². The van der Waals surface area contributed by atoms with Crippen molar-refractivity contribution in [3.05, 3.63) is 72.1 Å². The first-order chi connectivity index (χ1) is 13.1. The molecule has 1 N–H and O–H groups in total. The molecule has 2 aromatic carbocycles. The van der Waals surface area contributed by atoms with Gasteiger partial charge >= 0.3 is 0 Å². The van der Waals surface area contributed by atoms with Gasteiger partial charge in [-0.15, -0.1) is 0 Å². The number of hydrogen-bond acceptors (Lipinski definition) is 4. The Bertz CT molecular complexity index is 1140. The van der Waals surface area contributed by atoms with E-state index in [0.29, 0.717) is 22.6 Å². The summed E-state index contributed by atoms with van der Waals surface area (Å²) in [5.74, 6) is -0.211. The molecule has 0 saturated carbocycles. The van der Waals surface area contributed by atoms with Crippen molar-refractivity contribution in [1.29, 1.82) is 0 Å². The van der Waals surface area contributed by atoms with Gasteiger partial charge in [-0.1, -0.05) is 18.2 Å². The van der Waals surface area contributed by atoms with Crippen molar-refractivity contribution in [3.8, 4) is 22.5 Å². The lowest BCUT2D eigenvalue weighted by Gasteiger charge is -2.12. The predicted octanol–water partition coefficient (Wildman–Crippen LogP) is 4.99. The second-order valence-corrected chi connectivity index (χ2v) is 6.19. The van der Waals surface area contributed by atoms with Gasteiger partial charge in [0.1, 0.15) is 17.2 Å². The Morgan fingerprint density at radius 1 is 0.963 bits per heavy atom. The van der Waals surface area contributed by atoms with Crippen LogP contribution in [0.5, 0.6) is 0 Å². The van der Waals surface area contributed by atoms with E-state index in [1.165, 1.54) is 6.07 Å². The van der Waals surface area contributed by atoms with Crippen molar-refractivity contribution in [2.24, 2.45) is 0 Å². The third-order valence-electron chi connectivity index (χ3n) is 4.38. The standard InChI is InChI=1S/C21H16F2N4/c1-12-5-6-14(17(22)10-12)15-7-8-16-19(18(15)23)26-20(27-21(16)24-2)13-4-3-9-25-11-13/h3-11H,1-2H3,(H,24,26,27). The van der Waals surface area contributed by atoms with E-state index in [1.54, 1.807) is 62.8 Å². The van der Waals surface area contributed by atoms with E-state index in [0.717, 1.165) is 5.56 Å². The molecule has 0 amide bonds. The topological polar surface area (TPSA) is 50.7 Å². The minimum atomic E-state index is -0.584. The van der Waals surface area contributed by atoms with Crippen LogP contribution in [0.1, 0.15) is 5.56 Å². The van der Waals surface area contributed by atoms with Crippen molar-refractivity contribution in [2.45, 2.75) is 6.92 Å². The number of benzene rings is 2. The molecule has 4 rings (SSSR count). The molecule has 2 aromatic heterocycles. The summed E-state index contributed by atoms with van der Waals surface area (Å²) in [6.07, 6.45) is 3.25. The second-order valence-electron chi connectivity index (χ2n) is 6.19. The van der Waals surface area contributed by atoms with Crippen LogP contribution in [0.15, 0.2) is 54.9 Å². The zero-order chi connectivity index (χ0) is 19.0. The molecule has 4 aromatic rings. The summed E-state index contributed by atoms with van der Waals surface area (Å²) in [7, 11) is 1.71. The Balaban J connectivity index is 1.98. The number of aryl methyl sites for hydroxylation is 1. The van der Waals surface area contributed by atoms with Crippen molar-refractivity contribution in [2.75, 3.05) is 12.4 Å². The van der Waals surface area contributed by atoms with Crippen LogP contribution in [0.25, 0.3) is 33.4 Å². The van der Waals surface area contributed by atoms with Gasteiger partial charge < -0.3 is 5.32 Å². The van der Waals surface area contributed by atoms with E-state index >= 15 is 4.39 Å². The van der Waals surface area contributed by atoms with Crippen LogP contribution in [0, 0.1) is 18.6 Å². The Morgan fingerprint density at radius 2 is 1.78 bits per heavy atom. The number of halogens is 2. The Morgan fingerprint density at radius 3 is 2.48 bits per heavy atom. The number of rotatable bonds is 3. The van der Waals surface area contributed by atoms with Crippen molar-refractivity contribution in [1.82, 2.24) is 15.0 Å². The molecule has 0 aliphatic heterocycles. The lowest BCUT2D eigenvalue weighted by molar-refractivity contribution is 0.619. The summed E-state index contributed by atoms with van der Waals surface area (Å²) in [5, 5.41) is 3.50. The molecule has 0 fully saturated rings. The molecule has 134 valence electrons. The van der Waals surface area contributed by atoms with Crippen LogP contribution in [0.4, 0.5) is 14.6 Å². The van der Waals surface area contributed by atoms with Crippen LogP contribution in [0.2, 0.25) is 0 Å². The summed E-state index contributed by atoms with van der Waals surface area (Å²) in [4.78, 5) is 12.9. The molecule has 0 aliphatic carbocycles. The maximum Gasteiger partial charge on any atom is 0.163 e. The molecular formula is C21H16F2N4. The summed E-state index contributed by atoms with van der Waals surface area (Å²) >= 11 is 0. The fourth-order valence-corrected chi connectivity index (χ4v) is 3.02. The normalized spacial score (nSPS) is 11.0. The van der Waals surface area contributed by atoms with Gasteiger partial charge in [0.25, 0.3) is 0 Å². The van der Waals surface area contributed by atoms with E-state index < -0.39 is 11.6 Å². The van der Waals surface area contributed by atoms with Crippen molar-refractivity contribution in [3.63, 3.8) is 0 Å². The minimum Gasteiger partial charge on any atom is -0.373 e.